The maximum absolute atomic E-state index is 12.6. The van der Waals surface area contributed by atoms with Crippen molar-refractivity contribution in [3.63, 3.8) is 0 Å². The molecule has 1 rings (SSSR count). The van der Waals surface area contributed by atoms with Crippen LogP contribution < -0.4 is 10.2 Å². The minimum absolute atomic E-state index is 0.0189. The van der Waals surface area contributed by atoms with E-state index in [4.69, 9.17) is 16.7 Å². The van der Waals surface area contributed by atoms with Gasteiger partial charge in [-0.15, -0.1) is 0 Å². The highest BCUT2D eigenvalue weighted by atomic mass is 35.5. The Bertz CT molecular complexity index is 454. The lowest BCUT2D eigenvalue weighted by atomic mass is 10.1. The van der Waals surface area contributed by atoms with E-state index in [9.17, 15) is 13.2 Å². The molecule has 0 saturated heterocycles. The fraction of sp³-hybridized carbons (Fsp3) is 0.571. The van der Waals surface area contributed by atoms with Crippen LogP contribution in [-0.2, 0) is 0 Å². The minimum Gasteiger partial charge on any atom is -0.395 e. The molecule has 0 aliphatic carbocycles. The molecule has 0 bridgehead atoms. The van der Waals surface area contributed by atoms with Gasteiger partial charge in [0, 0.05) is 23.3 Å². The van der Waals surface area contributed by atoms with Crippen molar-refractivity contribution in [2.75, 3.05) is 31.1 Å². The molecule has 0 aromatic heterocycles. The van der Waals surface area contributed by atoms with Crippen LogP contribution in [0.5, 0.6) is 0 Å². The highest BCUT2D eigenvalue weighted by Crippen LogP contribution is 2.29. The maximum Gasteiger partial charge on any atom is 0.405 e. The standard InChI is InChI=1S/C14H20ClF3N2O/c1-3-19-10(2)12-5-4-11(8-13(12)15)20(6-7-21)9-14(16,17)18/h4-5,8,10,19,21H,3,6-7,9H2,1-2H3. The molecule has 0 spiro atoms. The van der Waals surface area contributed by atoms with Crippen LogP contribution in [0.25, 0.3) is 0 Å². The van der Waals surface area contributed by atoms with E-state index in [1.165, 1.54) is 6.07 Å². The Hall–Kier alpha value is -0.980. The van der Waals surface area contributed by atoms with Gasteiger partial charge >= 0.3 is 6.18 Å². The second-order valence-corrected chi connectivity index (χ2v) is 5.15. The van der Waals surface area contributed by atoms with Gasteiger partial charge in [-0.1, -0.05) is 24.6 Å². The second kappa shape index (κ2) is 7.87. The van der Waals surface area contributed by atoms with Crippen LogP contribution in [0.4, 0.5) is 18.9 Å². The third-order valence-electron chi connectivity index (χ3n) is 3.07. The van der Waals surface area contributed by atoms with E-state index >= 15 is 0 Å². The first-order valence-electron chi connectivity index (χ1n) is 6.74. The molecule has 0 heterocycles. The number of aliphatic hydroxyl groups excluding tert-OH is 1. The van der Waals surface area contributed by atoms with Gasteiger partial charge in [0.1, 0.15) is 6.54 Å². The van der Waals surface area contributed by atoms with Gasteiger partial charge in [0.15, 0.2) is 0 Å². The number of hydrogen-bond donors (Lipinski definition) is 2. The van der Waals surface area contributed by atoms with Crippen molar-refractivity contribution in [3.8, 4) is 0 Å². The normalized spacial score (nSPS) is 13.3. The average Bonchev–Trinajstić information content (AvgIpc) is 2.36. The minimum atomic E-state index is -4.34. The first-order valence-corrected chi connectivity index (χ1v) is 7.11. The zero-order chi connectivity index (χ0) is 16.0. The lowest BCUT2D eigenvalue weighted by Gasteiger charge is -2.26. The number of rotatable bonds is 7. The Morgan fingerprint density at radius 3 is 2.52 bits per heavy atom. The monoisotopic (exact) mass is 324 g/mol. The van der Waals surface area contributed by atoms with Crippen LogP contribution >= 0.6 is 11.6 Å². The summed E-state index contributed by atoms with van der Waals surface area (Å²) in [6.45, 7) is 3.09. The van der Waals surface area contributed by atoms with Gasteiger partial charge in [0.05, 0.1) is 6.61 Å². The summed E-state index contributed by atoms with van der Waals surface area (Å²) in [5, 5.41) is 12.5. The molecule has 1 atom stereocenters. The smallest absolute Gasteiger partial charge is 0.395 e. The molecule has 0 radical (unpaired) electrons. The van der Waals surface area contributed by atoms with E-state index in [-0.39, 0.29) is 19.2 Å². The molecule has 0 saturated carbocycles. The zero-order valence-corrected chi connectivity index (χ0v) is 12.8. The van der Waals surface area contributed by atoms with Crippen molar-refractivity contribution in [1.29, 1.82) is 0 Å². The van der Waals surface area contributed by atoms with Crippen molar-refractivity contribution >= 4 is 17.3 Å². The Morgan fingerprint density at radius 2 is 2.05 bits per heavy atom. The number of halogens is 4. The number of alkyl halides is 3. The summed E-state index contributed by atoms with van der Waals surface area (Å²) in [7, 11) is 0. The first kappa shape index (κ1) is 18.1. The topological polar surface area (TPSA) is 35.5 Å². The number of aliphatic hydroxyl groups is 1. The largest absolute Gasteiger partial charge is 0.405 e. The Morgan fingerprint density at radius 1 is 1.38 bits per heavy atom. The molecule has 1 unspecified atom stereocenters. The summed E-state index contributed by atoms with van der Waals surface area (Å²) in [5.74, 6) is 0. The van der Waals surface area contributed by atoms with E-state index < -0.39 is 12.7 Å². The lowest BCUT2D eigenvalue weighted by molar-refractivity contribution is -0.119. The van der Waals surface area contributed by atoms with Gasteiger partial charge < -0.3 is 15.3 Å². The Balaban J connectivity index is 2.98. The molecular formula is C14H20ClF3N2O. The quantitative estimate of drug-likeness (QED) is 0.807. The van der Waals surface area contributed by atoms with Crippen LogP contribution in [0.15, 0.2) is 18.2 Å². The highest BCUT2D eigenvalue weighted by Gasteiger charge is 2.31. The molecule has 0 amide bonds. The molecule has 1 aromatic carbocycles. The number of anilines is 1. The predicted octanol–water partition coefficient (Wildman–Crippen LogP) is 3.37. The molecule has 0 fully saturated rings. The van der Waals surface area contributed by atoms with Gasteiger partial charge in [0.25, 0.3) is 0 Å². The Kier molecular flexibility index (Phi) is 6.77. The van der Waals surface area contributed by atoms with E-state index in [2.05, 4.69) is 5.32 Å². The zero-order valence-electron chi connectivity index (χ0n) is 12.0. The average molecular weight is 325 g/mol. The molecule has 1 aromatic rings. The molecular weight excluding hydrogens is 305 g/mol. The summed E-state index contributed by atoms with van der Waals surface area (Å²) in [5.41, 5.74) is 1.18. The van der Waals surface area contributed by atoms with Crippen molar-refractivity contribution < 1.29 is 18.3 Å². The summed E-state index contributed by atoms with van der Waals surface area (Å²) in [6, 6.07) is 4.83. The molecule has 3 nitrogen and oxygen atoms in total. The van der Waals surface area contributed by atoms with Gasteiger partial charge in [0.2, 0.25) is 0 Å². The fourth-order valence-electron chi connectivity index (χ4n) is 2.12. The van der Waals surface area contributed by atoms with Gasteiger partial charge in [-0.3, -0.25) is 0 Å². The number of nitrogens with zero attached hydrogens (tertiary/aromatic N) is 1. The predicted molar refractivity (Wildman–Crippen MR) is 78.9 cm³/mol. The van der Waals surface area contributed by atoms with Crippen LogP contribution in [0.2, 0.25) is 5.02 Å². The van der Waals surface area contributed by atoms with Crippen molar-refractivity contribution in [2.24, 2.45) is 0 Å². The number of hydrogen-bond acceptors (Lipinski definition) is 3. The van der Waals surface area contributed by atoms with E-state index in [1.807, 2.05) is 13.8 Å². The molecule has 0 aliphatic rings. The third-order valence-corrected chi connectivity index (χ3v) is 3.39. The summed E-state index contributed by atoms with van der Waals surface area (Å²) in [4.78, 5) is 1.06. The molecule has 120 valence electrons. The van der Waals surface area contributed by atoms with Crippen LogP contribution in [0.1, 0.15) is 25.5 Å². The Labute approximate surface area is 127 Å². The highest BCUT2D eigenvalue weighted by molar-refractivity contribution is 6.31. The molecule has 21 heavy (non-hydrogen) atoms. The van der Waals surface area contributed by atoms with Crippen LogP contribution in [0.3, 0.4) is 0 Å². The van der Waals surface area contributed by atoms with Crippen LogP contribution in [0, 0.1) is 0 Å². The second-order valence-electron chi connectivity index (χ2n) is 4.75. The van der Waals surface area contributed by atoms with Gasteiger partial charge in [-0.05, 0) is 31.2 Å². The summed E-state index contributed by atoms with van der Waals surface area (Å²) in [6.07, 6.45) is -4.34. The first-order chi connectivity index (χ1) is 9.78. The van der Waals surface area contributed by atoms with E-state index in [0.717, 1.165) is 17.0 Å². The molecule has 7 heteroatoms. The lowest BCUT2D eigenvalue weighted by Crippen LogP contribution is -2.36. The van der Waals surface area contributed by atoms with E-state index in [1.54, 1.807) is 12.1 Å². The molecule has 2 N–H and O–H groups in total. The maximum atomic E-state index is 12.6. The number of benzene rings is 1. The van der Waals surface area contributed by atoms with Crippen LogP contribution in [-0.4, -0.2) is 37.5 Å². The number of nitrogens with one attached hydrogen (secondary N) is 1. The van der Waals surface area contributed by atoms with Crippen molar-refractivity contribution in [3.05, 3.63) is 28.8 Å². The van der Waals surface area contributed by atoms with Gasteiger partial charge in [-0.25, -0.2) is 0 Å². The fourth-order valence-corrected chi connectivity index (χ4v) is 2.46. The third kappa shape index (κ3) is 5.73. The van der Waals surface area contributed by atoms with Crippen molar-refractivity contribution in [1.82, 2.24) is 5.32 Å². The van der Waals surface area contributed by atoms with Gasteiger partial charge in [-0.2, -0.15) is 13.2 Å². The molecule has 0 aliphatic heterocycles. The summed E-state index contributed by atoms with van der Waals surface area (Å²) < 4.78 is 37.7. The van der Waals surface area contributed by atoms with E-state index in [0.29, 0.717) is 10.7 Å². The summed E-state index contributed by atoms with van der Waals surface area (Å²) >= 11 is 6.17. The SMILES string of the molecule is CCNC(C)c1ccc(N(CCO)CC(F)(F)F)cc1Cl. The van der Waals surface area contributed by atoms with Crippen molar-refractivity contribution in [2.45, 2.75) is 26.1 Å².